The van der Waals surface area contributed by atoms with Gasteiger partial charge < -0.3 is 9.79 Å². The predicted molar refractivity (Wildman–Crippen MR) is 135 cm³/mol. The highest BCUT2D eigenvalue weighted by Crippen LogP contribution is 2.41. The van der Waals surface area contributed by atoms with Gasteiger partial charge in [-0.05, 0) is 54.8 Å². The summed E-state index contributed by atoms with van der Waals surface area (Å²) < 4.78 is 41.3. The summed E-state index contributed by atoms with van der Waals surface area (Å²) in [5.74, 6) is 0.573. The molecule has 0 bridgehead atoms. The Morgan fingerprint density at radius 3 is 2.59 bits per heavy atom. The third-order valence-electron chi connectivity index (χ3n) is 5.08. The maximum atomic E-state index is 13.4. The van der Waals surface area contributed by atoms with E-state index in [0.717, 1.165) is 14.8 Å². The van der Waals surface area contributed by atoms with Crippen LogP contribution in [0.2, 0.25) is 0 Å². The fourth-order valence-electron chi connectivity index (χ4n) is 3.55. The minimum absolute atomic E-state index is 0.0545. The van der Waals surface area contributed by atoms with Gasteiger partial charge in [-0.3, -0.25) is 13.4 Å². The van der Waals surface area contributed by atoms with Gasteiger partial charge in [0, 0.05) is 28.1 Å². The van der Waals surface area contributed by atoms with Gasteiger partial charge in [0.1, 0.15) is 16.6 Å². The zero-order valence-electron chi connectivity index (χ0n) is 17.6. The highest BCUT2D eigenvalue weighted by atomic mass is 35.5. The molecule has 2 heterocycles. The molecule has 1 unspecified atom stereocenters. The van der Waals surface area contributed by atoms with Crippen molar-refractivity contribution >= 4 is 69.2 Å². The van der Waals surface area contributed by atoms with Gasteiger partial charge in [-0.15, -0.1) is 22.0 Å². The first-order valence-electron chi connectivity index (χ1n) is 9.77. The van der Waals surface area contributed by atoms with E-state index in [-0.39, 0.29) is 22.2 Å². The molecule has 1 aliphatic rings. The number of halogens is 2. The third-order valence-corrected chi connectivity index (χ3v) is 9.08. The van der Waals surface area contributed by atoms with E-state index in [1.807, 2.05) is 18.4 Å². The molecule has 180 valence electrons. The van der Waals surface area contributed by atoms with Crippen LogP contribution in [0.25, 0.3) is 16.7 Å². The molecule has 9 nitrogen and oxygen atoms in total. The molecule has 1 aliphatic carbocycles. The van der Waals surface area contributed by atoms with Crippen molar-refractivity contribution in [3.8, 4) is 5.82 Å². The van der Waals surface area contributed by atoms with Crippen LogP contribution in [-0.2, 0) is 14.6 Å². The van der Waals surface area contributed by atoms with Crippen molar-refractivity contribution in [3.63, 3.8) is 0 Å². The Bertz CT molecular complexity index is 1450. The molecule has 0 spiro atoms. The number of benzene rings is 1. The minimum Gasteiger partial charge on any atom is -0.323 e. The normalized spacial score (nSPS) is 16.9. The van der Waals surface area contributed by atoms with Crippen molar-refractivity contribution in [1.82, 2.24) is 14.8 Å². The highest BCUT2D eigenvalue weighted by molar-refractivity contribution is 7.98. The van der Waals surface area contributed by atoms with E-state index in [4.69, 9.17) is 23.2 Å². The second-order valence-corrected chi connectivity index (χ2v) is 12.9. The van der Waals surface area contributed by atoms with Crippen LogP contribution in [0.15, 0.2) is 69.8 Å². The van der Waals surface area contributed by atoms with Crippen molar-refractivity contribution in [2.75, 3.05) is 16.8 Å². The Balaban J connectivity index is 1.76. The van der Waals surface area contributed by atoms with Crippen LogP contribution in [0.3, 0.4) is 0 Å². The molecule has 14 heteroatoms. The van der Waals surface area contributed by atoms with Gasteiger partial charge in [0.15, 0.2) is 5.82 Å². The maximum Gasteiger partial charge on any atom is 0.345 e. The lowest BCUT2D eigenvalue weighted by atomic mass is 10.2. The summed E-state index contributed by atoms with van der Waals surface area (Å²) in [5, 5.41) is 8.96. The molecule has 0 aliphatic heterocycles. The smallest absolute Gasteiger partial charge is 0.323 e. The first kappa shape index (κ1) is 25.2. The highest BCUT2D eigenvalue weighted by Gasteiger charge is 2.36. The number of thioether (sulfide) groups is 1. The predicted octanol–water partition coefficient (Wildman–Crippen LogP) is 4.43. The number of allylic oxidation sites excluding steroid dienone is 3. The van der Waals surface area contributed by atoms with E-state index < -0.39 is 29.2 Å². The van der Waals surface area contributed by atoms with Gasteiger partial charge in [0.05, 0.1) is 11.2 Å². The number of fused-ring (bicyclic) bond motifs is 1. The van der Waals surface area contributed by atoms with Crippen LogP contribution in [0, 0.1) is 0 Å². The first-order chi connectivity index (χ1) is 16.0. The van der Waals surface area contributed by atoms with Crippen LogP contribution in [0.5, 0.6) is 0 Å². The summed E-state index contributed by atoms with van der Waals surface area (Å²) in [7, 11) is -9.03. The Morgan fingerprint density at radius 1 is 1.21 bits per heavy atom. The molecule has 0 amide bonds. The molecule has 0 saturated heterocycles. The standard InChI is InChI=1S/C20H19Cl2N4O5PS2/c1-33-20-5-4-19(23-24-20)25-7-6-13-8-16(2-3-18(13)25)26(12-32(27,28)29)34(30,31)17-10-14(21)9-15(22)11-17/h2-10,17H,11-12H2,1H3,(H2,27,28,29). The van der Waals surface area contributed by atoms with Crippen molar-refractivity contribution in [3.05, 3.63) is 64.8 Å². The summed E-state index contributed by atoms with van der Waals surface area (Å²) in [6.45, 7) is 0. The third kappa shape index (κ3) is 5.36. The summed E-state index contributed by atoms with van der Waals surface area (Å²) in [6, 6.07) is 10.1. The largest absolute Gasteiger partial charge is 0.345 e. The molecule has 1 aromatic carbocycles. The van der Waals surface area contributed by atoms with E-state index in [9.17, 15) is 22.8 Å². The lowest BCUT2D eigenvalue weighted by molar-refractivity contribution is 0.373. The average molecular weight is 561 g/mol. The Kier molecular flexibility index (Phi) is 7.17. The van der Waals surface area contributed by atoms with Crippen molar-refractivity contribution in [1.29, 1.82) is 0 Å². The second kappa shape index (κ2) is 9.66. The van der Waals surface area contributed by atoms with Crippen LogP contribution in [0.1, 0.15) is 6.42 Å². The molecular formula is C20H19Cl2N4O5PS2. The molecule has 4 rings (SSSR count). The summed E-state index contributed by atoms with van der Waals surface area (Å²) >= 11 is 13.5. The molecule has 2 aromatic heterocycles. The van der Waals surface area contributed by atoms with Crippen LogP contribution in [-0.4, -0.2) is 50.8 Å². The molecular weight excluding hydrogens is 542 g/mol. The summed E-state index contributed by atoms with van der Waals surface area (Å²) in [6.07, 6.45) is 5.32. The number of nitrogens with zero attached hydrogens (tertiary/aromatic N) is 4. The van der Waals surface area contributed by atoms with E-state index in [1.165, 1.54) is 30.0 Å². The monoisotopic (exact) mass is 560 g/mol. The topological polar surface area (TPSA) is 126 Å². The molecule has 3 aromatic rings. The average Bonchev–Trinajstić information content (AvgIpc) is 3.19. The lowest BCUT2D eigenvalue weighted by Crippen LogP contribution is -2.39. The number of hydrogen-bond acceptors (Lipinski definition) is 6. The molecule has 0 radical (unpaired) electrons. The number of sulfonamides is 1. The quantitative estimate of drug-likeness (QED) is 0.321. The Labute approximate surface area is 210 Å². The summed E-state index contributed by atoms with van der Waals surface area (Å²) in [4.78, 5) is 19.3. The van der Waals surface area contributed by atoms with Crippen LogP contribution < -0.4 is 4.31 Å². The number of aromatic nitrogens is 3. The van der Waals surface area contributed by atoms with Gasteiger partial charge in [0.2, 0.25) is 10.0 Å². The van der Waals surface area contributed by atoms with Gasteiger partial charge >= 0.3 is 7.60 Å². The maximum absolute atomic E-state index is 13.4. The Hall–Kier alpha value is -1.85. The van der Waals surface area contributed by atoms with Gasteiger partial charge in [-0.1, -0.05) is 23.2 Å². The van der Waals surface area contributed by atoms with Gasteiger partial charge in [-0.2, -0.15) is 0 Å². The van der Waals surface area contributed by atoms with E-state index >= 15 is 0 Å². The van der Waals surface area contributed by atoms with E-state index in [1.54, 1.807) is 29.0 Å². The van der Waals surface area contributed by atoms with Crippen LogP contribution >= 0.6 is 42.6 Å². The number of anilines is 1. The van der Waals surface area contributed by atoms with Crippen molar-refractivity contribution in [2.24, 2.45) is 0 Å². The SMILES string of the molecule is CSc1ccc(-n2ccc3cc(N(CP(=O)(O)O)S(=O)(=O)C4C=C(Cl)C=C(Cl)C4)ccc32)nn1. The Morgan fingerprint density at radius 2 is 1.97 bits per heavy atom. The minimum atomic E-state index is -4.76. The first-order valence-corrected chi connectivity index (χ1v) is 15.0. The lowest BCUT2D eigenvalue weighted by Gasteiger charge is -2.29. The zero-order valence-corrected chi connectivity index (χ0v) is 21.7. The number of hydrogen-bond donors (Lipinski definition) is 2. The fourth-order valence-corrected chi connectivity index (χ4v) is 7.70. The van der Waals surface area contributed by atoms with E-state index in [2.05, 4.69) is 10.2 Å². The van der Waals surface area contributed by atoms with E-state index in [0.29, 0.717) is 11.2 Å². The van der Waals surface area contributed by atoms with Crippen molar-refractivity contribution < 1.29 is 22.8 Å². The van der Waals surface area contributed by atoms with Crippen LogP contribution in [0.4, 0.5) is 5.69 Å². The molecule has 34 heavy (non-hydrogen) atoms. The van der Waals surface area contributed by atoms with Gasteiger partial charge in [0.25, 0.3) is 0 Å². The number of rotatable bonds is 7. The molecule has 0 fully saturated rings. The fraction of sp³-hybridized carbons (Fsp3) is 0.200. The molecule has 0 saturated carbocycles. The summed E-state index contributed by atoms with van der Waals surface area (Å²) in [5.41, 5.74) is 0.822. The van der Waals surface area contributed by atoms with Crippen molar-refractivity contribution in [2.45, 2.75) is 16.7 Å². The second-order valence-electron chi connectivity index (χ2n) is 7.45. The van der Waals surface area contributed by atoms with Gasteiger partial charge in [-0.25, -0.2) is 8.42 Å². The molecule has 1 atom stereocenters. The molecule has 2 N–H and O–H groups in total. The zero-order chi connectivity index (χ0) is 24.7.